The molecule has 3 nitrogen and oxygen atoms in total. The summed E-state index contributed by atoms with van der Waals surface area (Å²) < 4.78 is 5.75. The Morgan fingerprint density at radius 1 is 1.32 bits per heavy atom. The topological polar surface area (TPSA) is 41.5 Å². The Morgan fingerprint density at radius 2 is 2.05 bits per heavy atom. The molecule has 0 fully saturated rings. The van der Waals surface area contributed by atoms with Crippen LogP contribution in [0.1, 0.15) is 44.2 Å². The van der Waals surface area contributed by atoms with Gasteiger partial charge in [-0.3, -0.25) is 0 Å². The standard InChI is InChI=1S/C16H27NO2/c1-5-8-17-14(10-18)11-19-15-6-7-16(12(2)3)13(4)9-15/h6-7,9,12,14,17-18H,5,8,10-11H2,1-4H3. The lowest BCUT2D eigenvalue weighted by atomic mass is 9.98. The summed E-state index contributed by atoms with van der Waals surface area (Å²) in [7, 11) is 0. The smallest absolute Gasteiger partial charge is 0.119 e. The third-order valence-electron chi connectivity index (χ3n) is 3.22. The lowest BCUT2D eigenvalue weighted by molar-refractivity contribution is 0.183. The van der Waals surface area contributed by atoms with Gasteiger partial charge in [-0.2, -0.15) is 0 Å². The van der Waals surface area contributed by atoms with Crippen molar-refractivity contribution in [3.63, 3.8) is 0 Å². The van der Waals surface area contributed by atoms with Crippen LogP contribution in [-0.2, 0) is 0 Å². The van der Waals surface area contributed by atoms with Crippen LogP contribution in [0.25, 0.3) is 0 Å². The zero-order valence-electron chi connectivity index (χ0n) is 12.6. The summed E-state index contributed by atoms with van der Waals surface area (Å²) in [5.41, 5.74) is 2.62. The van der Waals surface area contributed by atoms with E-state index in [0.717, 1.165) is 18.7 Å². The van der Waals surface area contributed by atoms with E-state index in [-0.39, 0.29) is 12.6 Å². The van der Waals surface area contributed by atoms with E-state index >= 15 is 0 Å². The summed E-state index contributed by atoms with van der Waals surface area (Å²) in [4.78, 5) is 0. The summed E-state index contributed by atoms with van der Waals surface area (Å²) in [6, 6.07) is 6.22. The van der Waals surface area contributed by atoms with Crippen LogP contribution < -0.4 is 10.1 Å². The maximum Gasteiger partial charge on any atom is 0.119 e. The van der Waals surface area contributed by atoms with Crippen molar-refractivity contribution in [2.24, 2.45) is 0 Å². The molecule has 0 aliphatic rings. The van der Waals surface area contributed by atoms with E-state index in [9.17, 15) is 5.11 Å². The summed E-state index contributed by atoms with van der Waals surface area (Å²) in [5.74, 6) is 1.41. The minimum absolute atomic E-state index is 0.00466. The molecule has 3 heteroatoms. The van der Waals surface area contributed by atoms with E-state index in [1.807, 2.05) is 6.07 Å². The number of benzene rings is 1. The molecule has 0 aliphatic carbocycles. The first kappa shape index (κ1) is 16.0. The molecule has 0 saturated heterocycles. The number of rotatable bonds is 8. The van der Waals surface area contributed by atoms with Gasteiger partial charge >= 0.3 is 0 Å². The first-order valence-corrected chi connectivity index (χ1v) is 7.16. The first-order chi connectivity index (χ1) is 9.08. The number of aliphatic hydroxyl groups is 1. The largest absolute Gasteiger partial charge is 0.492 e. The zero-order valence-corrected chi connectivity index (χ0v) is 12.6. The molecule has 19 heavy (non-hydrogen) atoms. The molecule has 1 rings (SSSR count). The van der Waals surface area contributed by atoms with E-state index in [4.69, 9.17) is 4.74 Å². The van der Waals surface area contributed by atoms with E-state index < -0.39 is 0 Å². The van der Waals surface area contributed by atoms with Crippen LogP contribution in [0.4, 0.5) is 0 Å². The lowest BCUT2D eigenvalue weighted by Crippen LogP contribution is -2.38. The SMILES string of the molecule is CCCNC(CO)COc1ccc(C(C)C)c(C)c1. The average molecular weight is 265 g/mol. The van der Waals surface area contributed by atoms with Crippen LogP contribution in [0.15, 0.2) is 18.2 Å². The predicted octanol–water partition coefficient (Wildman–Crippen LogP) is 2.86. The van der Waals surface area contributed by atoms with E-state index in [2.05, 4.69) is 45.1 Å². The van der Waals surface area contributed by atoms with Gasteiger partial charge in [0.2, 0.25) is 0 Å². The number of nitrogens with one attached hydrogen (secondary N) is 1. The fourth-order valence-electron chi connectivity index (χ4n) is 2.11. The summed E-state index contributed by atoms with van der Waals surface area (Å²) >= 11 is 0. The number of aryl methyl sites for hydroxylation is 1. The monoisotopic (exact) mass is 265 g/mol. The van der Waals surface area contributed by atoms with Crippen LogP contribution in [0.5, 0.6) is 5.75 Å². The Hall–Kier alpha value is -1.06. The Balaban J connectivity index is 2.55. The molecule has 0 amide bonds. The van der Waals surface area contributed by atoms with Gasteiger partial charge in [0.25, 0.3) is 0 Å². The Morgan fingerprint density at radius 3 is 2.58 bits per heavy atom. The minimum atomic E-state index is 0.00466. The Kier molecular flexibility index (Phi) is 6.89. The van der Waals surface area contributed by atoms with Crippen LogP contribution >= 0.6 is 0 Å². The molecule has 1 aromatic rings. The molecular formula is C16H27NO2. The quantitative estimate of drug-likeness (QED) is 0.759. The number of hydrogen-bond donors (Lipinski definition) is 2. The maximum absolute atomic E-state index is 9.26. The Labute approximate surface area is 117 Å². The molecule has 0 saturated carbocycles. The fourth-order valence-corrected chi connectivity index (χ4v) is 2.11. The normalized spacial score (nSPS) is 12.7. The highest BCUT2D eigenvalue weighted by Crippen LogP contribution is 2.23. The molecule has 0 spiro atoms. The summed E-state index contributed by atoms with van der Waals surface area (Å²) in [5, 5.41) is 12.5. The molecule has 0 bridgehead atoms. The van der Waals surface area contributed by atoms with Crippen molar-refractivity contribution in [3.05, 3.63) is 29.3 Å². The molecule has 1 aromatic carbocycles. The zero-order chi connectivity index (χ0) is 14.3. The molecule has 1 unspecified atom stereocenters. The van der Waals surface area contributed by atoms with Gasteiger partial charge in [-0.05, 0) is 49.1 Å². The third-order valence-corrected chi connectivity index (χ3v) is 3.22. The number of hydrogen-bond acceptors (Lipinski definition) is 3. The van der Waals surface area contributed by atoms with Crippen molar-refractivity contribution in [1.82, 2.24) is 5.32 Å². The predicted molar refractivity (Wildman–Crippen MR) is 79.9 cm³/mol. The molecule has 0 aliphatic heterocycles. The third kappa shape index (κ3) is 5.21. The van der Waals surface area contributed by atoms with Gasteiger partial charge in [-0.1, -0.05) is 26.8 Å². The highest BCUT2D eigenvalue weighted by atomic mass is 16.5. The van der Waals surface area contributed by atoms with Crippen molar-refractivity contribution < 1.29 is 9.84 Å². The van der Waals surface area contributed by atoms with Crippen LogP contribution in [0.3, 0.4) is 0 Å². The van der Waals surface area contributed by atoms with Gasteiger partial charge in [-0.25, -0.2) is 0 Å². The molecular weight excluding hydrogens is 238 g/mol. The maximum atomic E-state index is 9.26. The average Bonchev–Trinajstić information content (AvgIpc) is 2.38. The van der Waals surface area contributed by atoms with Crippen molar-refractivity contribution in [2.45, 2.75) is 46.1 Å². The Bertz CT molecular complexity index is 377. The van der Waals surface area contributed by atoms with Crippen molar-refractivity contribution in [3.8, 4) is 5.75 Å². The minimum Gasteiger partial charge on any atom is -0.492 e. The van der Waals surface area contributed by atoms with Gasteiger partial charge < -0.3 is 15.2 Å². The van der Waals surface area contributed by atoms with Crippen LogP contribution in [-0.4, -0.2) is 30.9 Å². The van der Waals surface area contributed by atoms with Gasteiger partial charge in [0.1, 0.15) is 12.4 Å². The van der Waals surface area contributed by atoms with Crippen LogP contribution in [0, 0.1) is 6.92 Å². The first-order valence-electron chi connectivity index (χ1n) is 7.16. The lowest BCUT2D eigenvalue weighted by Gasteiger charge is -2.18. The molecule has 0 aromatic heterocycles. The number of ether oxygens (including phenoxy) is 1. The number of aliphatic hydroxyl groups excluding tert-OH is 1. The van der Waals surface area contributed by atoms with Gasteiger partial charge in [0, 0.05) is 0 Å². The molecule has 108 valence electrons. The van der Waals surface area contributed by atoms with E-state index in [1.54, 1.807) is 0 Å². The van der Waals surface area contributed by atoms with Crippen molar-refractivity contribution >= 4 is 0 Å². The second kappa shape index (κ2) is 8.18. The van der Waals surface area contributed by atoms with Gasteiger partial charge in [-0.15, -0.1) is 0 Å². The van der Waals surface area contributed by atoms with Crippen molar-refractivity contribution in [2.75, 3.05) is 19.8 Å². The second-order valence-electron chi connectivity index (χ2n) is 5.32. The summed E-state index contributed by atoms with van der Waals surface area (Å²) in [6.07, 6.45) is 1.05. The molecule has 0 radical (unpaired) electrons. The van der Waals surface area contributed by atoms with Crippen molar-refractivity contribution in [1.29, 1.82) is 0 Å². The summed E-state index contributed by atoms with van der Waals surface area (Å²) in [6.45, 7) is 10.1. The van der Waals surface area contributed by atoms with Crippen LogP contribution in [0.2, 0.25) is 0 Å². The highest BCUT2D eigenvalue weighted by molar-refractivity contribution is 5.36. The molecule has 2 N–H and O–H groups in total. The molecule has 1 atom stereocenters. The van der Waals surface area contributed by atoms with E-state index in [1.165, 1.54) is 11.1 Å². The highest BCUT2D eigenvalue weighted by Gasteiger charge is 2.08. The molecule has 0 heterocycles. The second-order valence-corrected chi connectivity index (χ2v) is 5.32. The van der Waals surface area contributed by atoms with Gasteiger partial charge in [0.05, 0.1) is 12.6 Å². The fraction of sp³-hybridized carbons (Fsp3) is 0.625. The van der Waals surface area contributed by atoms with E-state index in [0.29, 0.717) is 12.5 Å². The van der Waals surface area contributed by atoms with Gasteiger partial charge in [0.15, 0.2) is 0 Å².